The van der Waals surface area contributed by atoms with Crippen LogP contribution in [0.1, 0.15) is 6.92 Å². The molecule has 0 aliphatic rings. The van der Waals surface area contributed by atoms with E-state index in [2.05, 4.69) is 4.99 Å². The summed E-state index contributed by atoms with van der Waals surface area (Å²) in [4.78, 5) is 3.56. The van der Waals surface area contributed by atoms with Gasteiger partial charge in [-0.3, -0.25) is 4.99 Å². The zero-order valence-corrected chi connectivity index (χ0v) is 4.52. The van der Waals surface area contributed by atoms with Crippen LogP contribution in [0.2, 0.25) is 0 Å². The van der Waals surface area contributed by atoms with Crippen molar-refractivity contribution in [1.82, 2.24) is 0 Å². The van der Waals surface area contributed by atoms with Gasteiger partial charge in [-0.15, -0.1) is 0 Å². The molecule has 3 N–H and O–H groups in total. The Bertz CT molecular complexity index is 104. The summed E-state index contributed by atoms with van der Waals surface area (Å²) in [6, 6.07) is 0. The van der Waals surface area contributed by atoms with E-state index in [1.54, 1.807) is 14.0 Å². The smallest absolute Gasteiger partial charge is 0.139 e. The zero-order chi connectivity index (χ0) is 5.86. The van der Waals surface area contributed by atoms with E-state index in [0.717, 1.165) is 0 Å². The van der Waals surface area contributed by atoms with E-state index in [4.69, 9.17) is 11.1 Å². The molecule has 0 spiro atoms. The Kier molecular flexibility index (Phi) is 2.05. The molecular weight excluding hydrogens is 90.1 g/mol. The van der Waals surface area contributed by atoms with Crippen LogP contribution in [0.4, 0.5) is 0 Å². The monoisotopic (exact) mass is 99.1 g/mol. The highest BCUT2D eigenvalue weighted by Gasteiger charge is 1.87. The van der Waals surface area contributed by atoms with Crippen LogP contribution in [0.15, 0.2) is 4.99 Å². The van der Waals surface area contributed by atoms with Crippen molar-refractivity contribution >= 4 is 11.5 Å². The van der Waals surface area contributed by atoms with Crippen molar-refractivity contribution in [3.05, 3.63) is 0 Å². The fourth-order valence-corrected chi connectivity index (χ4v) is 0.168. The molecule has 0 bridgehead atoms. The third-order valence-corrected chi connectivity index (χ3v) is 0.625. The average molecular weight is 99.1 g/mol. The van der Waals surface area contributed by atoms with Gasteiger partial charge in [0.25, 0.3) is 0 Å². The number of hydrogen-bond donors (Lipinski definition) is 2. The zero-order valence-electron chi connectivity index (χ0n) is 4.52. The van der Waals surface area contributed by atoms with E-state index in [-0.39, 0.29) is 0 Å². The van der Waals surface area contributed by atoms with E-state index in [1.165, 1.54) is 0 Å². The van der Waals surface area contributed by atoms with Crippen LogP contribution in [0.5, 0.6) is 0 Å². The molecule has 0 rings (SSSR count). The number of hydrogen-bond acceptors (Lipinski definition) is 2. The third-order valence-electron chi connectivity index (χ3n) is 0.625. The summed E-state index contributed by atoms with van der Waals surface area (Å²) < 4.78 is 0. The molecular formula is C4H9N3. The van der Waals surface area contributed by atoms with Crippen molar-refractivity contribution in [3.63, 3.8) is 0 Å². The summed E-state index contributed by atoms with van der Waals surface area (Å²) in [6.07, 6.45) is 0. The maximum atomic E-state index is 6.84. The molecule has 0 amide bonds. The molecule has 0 unspecified atom stereocenters. The summed E-state index contributed by atoms with van der Waals surface area (Å²) in [5.74, 6) is 0.306. The first-order valence-electron chi connectivity index (χ1n) is 1.96. The summed E-state index contributed by atoms with van der Waals surface area (Å²) in [5.41, 5.74) is 5.46. The van der Waals surface area contributed by atoms with Gasteiger partial charge in [-0.05, 0) is 6.92 Å². The molecule has 0 aliphatic carbocycles. The fraction of sp³-hybridized carbons (Fsp3) is 0.500. The van der Waals surface area contributed by atoms with Crippen molar-refractivity contribution < 1.29 is 0 Å². The first kappa shape index (κ1) is 6.14. The van der Waals surface area contributed by atoms with Gasteiger partial charge in [0.1, 0.15) is 5.84 Å². The van der Waals surface area contributed by atoms with Gasteiger partial charge < -0.3 is 11.1 Å². The molecule has 0 saturated heterocycles. The van der Waals surface area contributed by atoms with Crippen LogP contribution in [-0.4, -0.2) is 18.6 Å². The van der Waals surface area contributed by atoms with Gasteiger partial charge in [0.05, 0.1) is 5.71 Å². The molecule has 7 heavy (non-hydrogen) atoms. The van der Waals surface area contributed by atoms with E-state index in [0.29, 0.717) is 11.5 Å². The number of nitrogens with zero attached hydrogens (tertiary/aromatic N) is 1. The Morgan fingerprint density at radius 3 is 2.14 bits per heavy atom. The Hall–Kier alpha value is -0.860. The number of aliphatic imine (C=N–C) groups is 1. The van der Waals surface area contributed by atoms with Crippen molar-refractivity contribution in [2.45, 2.75) is 6.92 Å². The molecule has 0 aromatic rings. The summed E-state index contributed by atoms with van der Waals surface area (Å²) >= 11 is 0. The fourth-order valence-electron chi connectivity index (χ4n) is 0.168. The van der Waals surface area contributed by atoms with Gasteiger partial charge in [-0.25, -0.2) is 0 Å². The van der Waals surface area contributed by atoms with Crippen LogP contribution < -0.4 is 5.73 Å². The molecule has 0 saturated carbocycles. The quantitative estimate of drug-likeness (QED) is 0.353. The van der Waals surface area contributed by atoms with Crippen LogP contribution in [0, 0.1) is 5.41 Å². The third kappa shape index (κ3) is 1.92. The molecule has 0 fully saturated rings. The summed E-state index contributed by atoms with van der Waals surface area (Å²) in [5, 5.41) is 6.84. The molecule has 0 aromatic carbocycles. The lowest BCUT2D eigenvalue weighted by Gasteiger charge is -1.89. The molecule has 40 valence electrons. The minimum absolute atomic E-state index is 0.306. The van der Waals surface area contributed by atoms with Gasteiger partial charge in [0.15, 0.2) is 0 Å². The second kappa shape index (κ2) is 2.34. The van der Waals surface area contributed by atoms with Crippen LogP contribution in [0.25, 0.3) is 0 Å². The maximum absolute atomic E-state index is 6.84. The minimum Gasteiger partial charge on any atom is -0.383 e. The van der Waals surface area contributed by atoms with Crippen molar-refractivity contribution in [2.24, 2.45) is 10.7 Å². The summed E-state index contributed by atoms with van der Waals surface area (Å²) in [7, 11) is 1.56. The Labute approximate surface area is 42.8 Å². The van der Waals surface area contributed by atoms with Gasteiger partial charge >= 0.3 is 0 Å². The van der Waals surface area contributed by atoms with Gasteiger partial charge in [-0.2, -0.15) is 0 Å². The molecule has 0 radical (unpaired) electrons. The second-order valence-corrected chi connectivity index (χ2v) is 1.23. The van der Waals surface area contributed by atoms with E-state index >= 15 is 0 Å². The molecule has 0 atom stereocenters. The normalized spacial score (nSPS) is 11.4. The number of nitrogens with one attached hydrogen (secondary N) is 1. The molecule has 3 nitrogen and oxygen atoms in total. The summed E-state index contributed by atoms with van der Waals surface area (Å²) in [6.45, 7) is 1.60. The highest BCUT2D eigenvalue weighted by atomic mass is 14.8. The predicted octanol–water partition coefficient (Wildman–Crippen LogP) is 0.0131. The number of rotatable bonds is 1. The van der Waals surface area contributed by atoms with Crippen LogP contribution in [-0.2, 0) is 0 Å². The lowest BCUT2D eigenvalue weighted by molar-refractivity contribution is 1.40. The van der Waals surface area contributed by atoms with E-state index < -0.39 is 0 Å². The van der Waals surface area contributed by atoms with Gasteiger partial charge in [0, 0.05) is 7.05 Å². The SMILES string of the molecule is C/N=C(/N)C(C)=N. The Morgan fingerprint density at radius 2 is 2.14 bits per heavy atom. The van der Waals surface area contributed by atoms with Crippen molar-refractivity contribution in [2.75, 3.05) is 7.05 Å². The average Bonchev–Trinajstić information content (AvgIpc) is 1.65. The van der Waals surface area contributed by atoms with Crippen LogP contribution >= 0.6 is 0 Å². The van der Waals surface area contributed by atoms with Crippen molar-refractivity contribution in [1.29, 1.82) is 5.41 Å². The first-order chi connectivity index (χ1) is 3.18. The standard InChI is InChI=1S/C4H9N3/c1-3(5)4(6)7-2/h5H,1-2H3,(H2,6,7). The van der Waals surface area contributed by atoms with Crippen LogP contribution in [0.3, 0.4) is 0 Å². The Morgan fingerprint density at radius 1 is 1.71 bits per heavy atom. The molecule has 0 heterocycles. The van der Waals surface area contributed by atoms with Gasteiger partial charge in [0.2, 0.25) is 0 Å². The van der Waals surface area contributed by atoms with E-state index in [9.17, 15) is 0 Å². The van der Waals surface area contributed by atoms with Gasteiger partial charge in [-0.1, -0.05) is 0 Å². The topological polar surface area (TPSA) is 62.2 Å². The number of amidine groups is 1. The lowest BCUT2D eigenvalue weighted by Crippen LogP contribution is -2.19. The molecule has 0 aromatic heterocycles. The number of nitrogens with two attached hydrogens (primary N) is 1. The maximum Gasteiger partial charge on any atom is 0.139 e. The Balaban J connectivity index is 3.82. The lowest BCUT2D eigenvalue weighted by atomic mass is 10.4. The highest BCUT2D eigenvalue weighted by molar-refractivity contribution is 6.38. The first-order valence-corrected chi connectivity index (χ1v) is 1.96. The molecule has 3 heteroatoms. The largest absolute Gasteiger partial charge is 0.383 e. The predicted molar refractivity (Wildman–Crippen MR) is 30.9 cm³/mol. The minimum atomic E-state index is 0.306. The molecule has 0 aliphatic heterocycles. The van der Waals surface area contributed by atoms with Crippen molar-refractivity contribution in [3.8, 4) is 0 Å². The second-order valence-electron chi connectivity index (χ2n) is 1.23. The highest BCUT2D eigenvalue weighted by Crippen LogP contribution is 1.67. The van der Waals surface area contributed by atoms with E-state index in [1.807, 2.05) is 0 Å².